The molecule has 0 fully saturated rings. The van der Waals surface area contributed by atoms with Crippen LogP contribution in [0.1, 0.15) is 34.6 Å². The van der Waals surface area contributed by atoms with Gasteiger partial charge in [0.1, 0.15) is 5.75 Å². The second kappa shape index (κ2) is 5.91. The van der Waals surface area contributed by atoms with Gasteiger partial charge in [0.2, 0.25) is 0 Å². The Morgan fingerprint density at radius 3 is 2.47 bits per heavy atom. The first kappa shape index (κ1) is 15.3. The van der Waals surface area contributed by atoms with Crippen LogP contribution in [-0.2, 0) is 0 Å². The molecule has 1 N–H and O–H groups in total. The van der Waals surface area contributed by atoms with Crippen molar-refractivity contribution in [3.63, 3.8) is 0 Å². The zero-order chi connectivity index (χ0) is 14.6. The summed E-state index contributed by atoms with van der Waals surface area (Å²) in [6, 6.07) is 4.95. The summed E-state index contributed by atoms with van der Waals surface area (Å²) >= 11 is 0. The summed E-state index contributed by atoms with van der Waals surface area (Å²) in [5.41, 5.74) is 0.811. The van der Waals surface area contributed by atoms with Gasteiger partial charge >= 0.3 is 0 Å². The normalized spacial score (nSPS) is 12.9. The van der Waals surface area contributed by atoms with Crippen LogP contribution < -0.4 is 10.1 Å². The van der Waals surface area contributed by atoms with Crippen molar-refractivity contribution in [2.45, 2.75) is 40.7 Å². The summed E-state index contributed by atoms with van der Waals surface area (Å²) in [6.07, 6.45) is 0. The number of nitro groups is 1. The van der Waals surface area contributed by atoms with Gasteiger partial charge in [-0.05, 0) is 19.3 Å². The average Bonchev–Trinajstić information content (AvgIpc) is 2.27. The van der Waals surface area contributed by atoms with Crippen LogP contribution in [0.4, 0.5) is 11.4 Å². The van der Waals surface area contributed by atoms with Crippen molar-refractivity contribution >= 4 is 11.4 Å². The molecule has 0 aliphatic heterocycles. The molecule has 0 bridgehead atoms. The number of hydrogen-bond donors (Lipinski definition) is 1. The Labute approximate surface area is 114 Å². The number of ether oxygens (including phenoxy) is 1. The van der Waals surface area contributed by atoms with E-state index in [-0.39, 0.29) is 17.1 Å². The Morgan fingerprint density at radius 1 is 1.37 bits per heavy atom. The van der Waals surface area contributed by atoms with Gasteiger partial charge in [0, 0.05) is 23.9 Å². The molecule has 1 atom stereocenters. The molecule has 0 aliphatic rings. The molecule has 0 saturated heterocycles. The Bertz CT molecular complexity index is 452. The highest BCUT2D eigenvalue weighted by Crippen LogP contribution is 2.29. The fourth-order valence-electron chi connectivity index (χ4n) is 1.49. The predicted octanol–water partition coefficient (Wildman–Crippen LogP) is 3.84. The Morgan fingerprint density at radius 2 is 2.00 bits per heavy atom. The molecule has 0 aromatic heterocycles. The number of nitro benzene ring substituents is 1. The van der Waals surface area contributed by atoms with Crippen molar-refractivity contribution in [2.75, 3.05) is 11.9 Å². The first-order chi connectivity index (χ1) is 8.74. The zero-order valence-electron chi connectivity index (χ0n) is 12.2. The molecular weight excluding hydrogens is 244 g/mol. The first-order valence-electron chi connectivity index (χ1n) is 6.43. The van der Waals surface area contributed by atoms with E-state index in [0.717, 1.165) is 0 Å². The molecule has 0 saturated carbocycles. The molecule has 0 spiro atoms. The summed E-state index contributed by atoms with van der Waals surface area (Å²) in [5, 5.41) is 14.2. The van der Waals surface area contributed by atoms with E-state index in [4.69, 9.17) is 4.74 Å². The lowest BCUT2D eigenvalue weighted by molar-refractivity contribution is -0.384. The van der Waals surface area contributed by atoms with E-state index in [1.54, 1.807) is 6.07 Å². The van der Waals surface area contributed by atoms with Crippen molar-refractivity contribution in [1.82, 2.24) is 0 Å². The molecule has 1 unspecified atom stereocenters. The average molecular weight is 266 g/mol. The van der Waals surface area contributed by atoms with E-state index >= 15 is 0 Å². The fourth-order valence-corrected chi connectivity index (χ4v) is 1.49. The molecule has 106 valence electrons. The van der Waals surface area contributed by atoms with E-state index in [1.807, 2.05) is 6.92 Å². The maximum Gasteiger partial charge on any atom is 0.275 e. The largest absolute Gasteiger partial charge is 0.494 e. The minimum Gasteiger partial charge on any atom is -0.494 e. The van der Waals surface area contributed by atoms with E-state index in [1.165, 1.54) is 12.1 Å². The van der Waals surface area contributed by atoms with Gasteiger partial charge in [-0.3, -0.25) is 10.1 Å². The first-order valence-corrected chi connectivity index (χ1v) is 6.43. The SMILES string of the molecule is CCOc1cc(NC(C)C(C)(C)C)cc([N+](=O)[O-])c1. The van der Waals surface area contributed by atoms with Gasteiger partial charge in [-0.2, -0.15) is 0 Å². The minimum absolute atomic E-state index is 0.0366. The summed E-state index contributed by atoms with van der Waals surface area (Å²) in [7, 11) is 0. The van der Waals surface area contributed by atoms with Gasteiger partial charge < -0.3 is 10.1 Å². The number of non-ortho nitro benzene ring substituents is 1. The van der Waals surface area contributed by atoms with Crippen LogP contribution in [0.2, 0.25) is 0 Å². The van der Waals surface area contributed by atoms with Crippen LogP contribution in [0.5, 0.6) is 5.75 Å². The standard InChI is InChI=1S/C14H22N2O3/c1-6-19-13-8-11(7-12(9-13)16(17)18)15-10(2)14(3,4)5/h7-10,15H,6H2,1-5H3. The molecular formula is C14H22N2O3. The third-order valence-corrected chi connectivity index (χ3v) is 3.10. The molecule has 5 nitrogen and oxygen atoms in total. The van der Waals surface area contributed by atoms with Gasteiger partial charge in [0.25, 0.3) is 5.69 Å². The van der Waals surface area contributed by atoms with E-state index in [2.05, 4.69) is 33.0 Å². The van der Waals surface area contributed by atoms with Gasteiger partial charge in [0.15, 0.2) is 0 Å². The number of nitrogens with one attached hydrogen (secondary N) is 1. The molecule has 0 radical (unpaired) electrons. The highest BCUT2D eigenvalue weighted by atomic mass is 16.6. The van der Waals surface area contributed by atoms with E-state index < -0.39 is 4.92 Å². The topological polar surface area (TPSA) is 64.4 Å². The smallest absolute Gasteiger partial charge is 0.275 e. The molecule has 1 aromatic carbocycles. The van der Waals surface area contributed by atoms with E-state index in [0.29, 0.717) is 18.0 Å². The zero-order valence-corrected chi connectivity index (χ0v) is 12.2. The summed E-state index contributed by atoms with van der Waals surface area (Å²) in [4.78, 5) is 10.5. The maximum atomic E-state index is 10.9. The second-order valence-corrected chi connectivity index (χ2v) is 5.64. The quantitative estimate of drug-likeness (QED) is 0.649. The number of anilines is 1. The van der Waals surface area contributed by atoms with Crippen LogP contribution in [0, 0.1) is 15.5 Å². The molecule has 0 heterocycles. The maximum absolute atomic E-state index is 10.9. The monoisotopic (exact) mass is 266 g/mol. The summed E-state index contributed by atoms with van der Waals surface area (Å²) < 4.78 is 5.36. The number of benzene rings is 1. The lowest BCUT2D eigenvalue weighted by Crippen LogP contribution is -2.30. The molecule has 19 heavy (non-hydrogen) atoms. The summed E-state index contributed by atoms with van der Waals surface area (Å²) in [5.74, 6) is 0.514. The number of nitrogens with zero attached hydrogens (tertiary/aromatic N) is 1. The minimum atomic E-state index is -0.407. The van der Waals surface area contributed by atoms with Crippen LogP contribution in [-0.4, -0.2) is 17.6 Å². The number of hydrogen-bond acceptors (Lipinski definition) is 4. The van der Waals surface area contributed by atoms with Crippen molar-refractivity contribution in [2.24, 2.45) is 5.41 Å². The van der Waals surface area contributed by atoms with Crippen LogP contribution in [0.3, 0.4) is 0 Å². The van der Waals surface area contributed by atoms with Gasteiger partial charge in [-0.25, -0.2) is 0 Å². The van der Waals surface area contributed by atoms with Crippen molar-refractivity contribution in [3.8, 4) is 5.75 Å². The molecule has 0 aliphatic carbocycles. The highest BCUT2D eigenvalue weighted by Gasteiger charge is 2.21. The molecule has 5 heteroatoms. The van der Waals surface area contributed by atoms with Crippen molar-refractivity contribution in [3.05, 3.63) is 28.3 Å². The van der Waals surface area contributed by atoms with Crippen molar-refractivity contribution < 1.29 is 9.66 Å². The van der Waals surface area contributed by atoms with Crippen molar-refractivity contribution in [1.29, 1.82) is 0 Å². The fraction of sp³-hybridized carbons (Fsp3) is 0.571. The Kier molecular flexibility index (Phi) is 4.75. The molecule has 1 aromatic rings. The third-order valence-electron chi connectivity index (χ3n) is 3.10. The highest BCUT2D eigenvalue weighted by molar-refractivity contribution is 5.56. The lowest BCUT2D eigenvalue weighted by atomic mass is 9.88. The summed E-state index contributed by atoms with van der Waals surface area (Å²) in [6.45, 7) is 10.7. The second-order valence-electron chi connectivity index (χ2n) is 5.64. The molecule has 0 amide bonds. The predicted molar refractivity (Wildman–Crippen MR) is 76.8 cm³/mol. The van der Waals surface area contributed by atoms with E-state index in [9.17, 15) is 10.1 Å². The third kappa shape index (κ3) is 4.43. The Balaban J connectivity index is 3.02. The van der Waals surface area contributed by atoms with Crippen LogP contribution >= 0.6 is 0 Å². The molecule has 1 rings (SSSR count). The Hall–Kier alpha value is -1.78. The van der Waals surface area contributed by atoms with Crippen LogP contribution in [0.15, 0.2) is 18.2 Å². The number of rotatable bonds is 5. The van der Waals surface area contributed by atoms with Gasteiger partial charge in [-0.15, -0.1) is 0 Å². The lowest BCUT2D eigenvalue weighted by Gasteiger charge is -2.29. The van der Waals surface area contributed by atoms with Gasteiger partial charge in [0.05, 0.1) is 17.6 Å². The van der Waals surface area contributed by atoms with Crippen LogP contribution in [0.25, 0.3) is 0 Å². The van der Waals surface area contributed by atoms with Gasteiger partial charge in [-0.1, -0.05) is 20.8 Å².